The van der Waals surface area contributed by atoms with E-state index in [-0.39, 0.29) is 17.4 Å². The quantitative estimate of drug-likeness (QED) is 0.918. The highest BCUT2D eigenvalue weighted by Gasteiger charge is 2.44. The van der Waals surface area contributed by atoms with Crippen molar-refractivity contribution < 1.29 is 4.52 Å². The number of hydrogen-bond acceptors (Lipinski definition) is 5. The summed E-state index contributed by atoms with van der Waals surface area (Å²) in [5.74, 6) is 1.93. The molecule has 2 aromatic rings. The maximum absolute atomic E-state index is 6.21. The molecule has 3 unspecified atom stereocenters. The standard InChI is InChI=1S/C16H22N4O/c1-10-12(17)8-7-11(16(10,2)3)15-19-14(20-21-15)13-6-4-5-9-18-13/h4-6,9-12H,7-8,17H2,1-3H3. The highest BCUT2D eigenvalue weighted by molar-refractivity contribution is 5.47. The van der Waals surface area contributed by atoms with Gasteiger partial charge >= 0.3 is 0 Å². The molecule has 2 heterocycles. The first-order chi connectivity index (χ1) is 10.00. The van der Waals surface area contributed by atoms with E-state index in [0.29, 0.717) is 17.6 Å². The topological polar surface area (TPSA) is 77.8 Å². The van der Waals surface area contributed by atoms with Gasteiger partial charge in [0.25, 0.3) is 0 Å². The second-order valence-electron chi connectivity index (χ2n) is 6.58. The van der Waals surface area contributed by atoms with E-state index in [1.807, 2.05) is 18.2 Å². The molecule has 21 heavy (non-hydrogen) atoms. The smallest absolute Gasteiger partial charge is 0.230 e. The molecule has 1 aliphatic rings. The molecular weight excluding hydrogens is 264 g/mol. The highest BCUT2D eigenvalue weighted by atomic mass is 16.5. The summed E-state index contributed by atoms with van der Waals surface area (Å²) in [4.78, 5) is 8.84. The third kappa shape index (κ3) is 2.46. The van der Waals surface area contributed by atoms with Crippen molar-refractivity contribution >= 4 is 0 Å². The maximum Gasteiger partial charge on any atom is 0.230 e. The minimum atomic E-state index is 0.0472. The van der Waals surface area contributed by atoms with Crippen molar-refractivity contribution in [2.24, 2.45) is 17.1 Å². The molecule has 1 aliphatic carbocycles. The first-order valence-corrected chi connectivity index (χ1v) is 7.50. The Kier molecular flexibility index (Phi) is 3.53. The van der Waals surface area contributed by atoms with E-state index in [4.69, 9.17) is 10.3 Å². The zero-order valence-electron chi connectivity index (χ0n) is 12.8. The van der Waals surface area contributed by atoms with Gasteiger partial charge in [0.2, 0.25) is 11.7 Å². The first-order valence-electron chi connectivity index (χ1n) is 7.50. The van der Waals surface area contributed by atoms with Crippen LogP contribution in [0.15, 0.2) is 28.9 Å². The second kappa shape index (κ2) is 5.22. The van der Waals surface area contributed by atoms with Crippen molar-refractivity contribution in [1.82, 2.24) is 15.1 Å². The van der Waals surface area contributed by atoms with Gasteiger partial charge in [-0.1, -0.05) is 32.0 Å². The lowest BCUT2D eigenvalue weighted by Gasteiger charge is -2.45. The summed E-state index contributed by atoms with van der Waals surface area (Å²) in [6.45, 7) is 6.70. The van der Waals surface area contributed by atoms with Crippen molar-refractivity contribution in [3.8, 4) is 11.5 Å². The summed E-state index contributed by atoms with van der Waals surface area (Å²) in [6.07, 6.45) is 3.72. The van der Waals surface area contributed by atoms with Crippen LogP contribution in [-0.4, -0.2) is 21.2 Å². The van der Waals surface area contributed by atoms with Gasteiger partial charge in [-0.25, -0.2) is 0 Å². The van der Waals surface area contributed by atoms with Gasteiger partial charge in [0.1, 0.15) is 5.69 Å². The van der Waals surface area contributed by atoms with Gasteiger partial charge in [-0.2, -0.15) is 4.98 Å². The zero-order chi connectivity index (χ0) is 15.0. The van der Waals surface area contributed by atoms with Gasteiger partial charge in [-0.05, 0) is 36.3 Å². The molecule has 0 saturated heterocycles. The van der Waals surface area contributed by atoms with Crippen molar-refractivity contribution in [3.63, 3.8) is 0 Å². The molecule has 5 nitrogen and oxygen atoms in total. The van der Waals surface area contributed by atoms with Crippen molar-refractivity contribution in [3.05, 3.63) is 30.3 Å². The number of nitrogens with zero attached hydrogens (tertiary/aromatic N) is 3. The van der Waals surface area contributed by atoms with Crippen molar-refractivity contribution in [2.75, 3.05) is 0 Å². The molecule has 0 aromatic carbocycles. The monoisotopic (exact) mass is 286 g/mol. The molecule has 0 amide bonds. The molecule has 112 valence electrons. The SMILES string of the molecule is CC1C(N)CCC(c2nc(-c3ccccn3)no2)C1(C)C. The number of nitrogens with two attached hydrogens (primary N) is 1. The van der Waals surface area contributed by atoms with Crippen LogP contribution in [0.4, 0.5) is 0 Å². The molecule has 2 aromatic heterocycles. The number of hydrogen-bond donors (Lipinski definition) is 1. The summed E-state index contributed by atoms with van der Waals surface area (Å²) in [7, 11) is 0. The fraction of sp³-hybridized carbons (Fsp3) is 0.562. The number of rotatable bonds is 2. The molecule has 5 heteroatoms. The Bertz CT molecular complexity index is 608. The van der Waals surface area contributed by atoms with E-state index in [1.165, 1.54) is 0 Å². The normalized spacial score (nSPS) is 28.5. The van der Waals surface area contributed by atoms with E-state index < -0.39 is 0 Å². The molecule has 2 N–H and O–H groups in total. The first kappa shape index (κ1) is 14.2. The third-order valence-corrected chi connectivity index (χ3v) is 5.14. The lowest BCUT2D eigenvalue weighted by atomic mass is 9.61. The average molecular weight is 286 g/mol. The van der Waals surface area contributed by atoms with E-state index in [9.17, 15) is 0 Å². The molecule has 0 radical (unpaired) electrons. The van der Waals surface area contributed by atoms with Gasteiger partial charge in [-0.3, -0.25) is 4.98 Å². The second-order valence-corrected chi connectivity index (χ2v) is 6.58. The zero-order valence-corrected chi connectivity index (χ0v) is 12.8. The van der Waals surface area contributed by atoms with Crippen LogP contribution in [0.3, 0.4) is 0 Å². The molecular formula is C16H22N4O. The summed E-state index contributed by atoms with van der Waals surface area (Å²) in [6, 6.07) is 5.93. The Balaban J connectivity index is 1.90. The summed E-state index contributed by atoms with van der Waals surface area (Å²) >= 11 is 0. The highest BCUT2D eigenvalue weighted by Crippen LogP contribution is 2.49. The lowest BCUT2D eigenvalue weighted by Crippen LogP contribution is -2.45. The van der Waals surface area contributed by atoms with Crippen LogP contribution >= 0.6 is 0 Å². The summed E-state index contributed by atoms with van der Waals surface area (Å²) in [5, 5.41) is 4.09. The third-order valence-electron chi connectivity index (χ3n) is 5.14. The van der Waals surface area contributed by atoms with Crippen molar-refractivity contribution in [1.29, 1.82) is 0 Å². The van der Waals surface area contributed by atoms with Crippen LogP contribution in [0.2, 0.25) is 0 Å². The number of aromatic nitrogens is 3. The Morgan fingerprint density at radius 2 is 2.10 bits per heavy atom. The van der Waals surface area contributed by atoms with Gasteiger partial charge in [0.05, 0.1) is 0 Å². The Hall–Kier alpha value is -1.75. The van der Waals surface area contributed by atoms with E-state index in [0.717, 1.165) is 18.5 Å². The van der Waals surface area contributed by atoms with Crippen LogP contribution in [-0.2, 0) is 0 Å². The Morgan fingerprint density at radius 1 is 1.29 bits per heavy atom. The van der Waals surface area contributed by atoms with E-state index in [2.05, 4.69) is 35.9 Å². The van der Waals surface area contributed by atoms with Crippen LogP contribution in [0.5, 0.6) is 0 Å². The fourth-order valence-corrected chi connectivity index (χ4v) is 3.27. The average Bonchev–Trinajstić information content (AvgIpc) is 2.95. The van der Waals surface area contributed by atoms with Crippen LogP contribution in [0.25, 0.3) is 11.5 Å². The van der Waals surface area contributed by atoms with Crippen LogP contribution < -0.4 is 5.73 Å². The maximum atomic E-state index is 6.21. The van der Waals surface area contributed by atoms with Crippen LogP contribution in [0, 0.1) is 11.3 Å². The molecule has 1 saturated carbocycles. The minimum absolute atomic E-state index is 0.0472. The molecule has 3 rings (SSSR count). The minimum Gasteiger partial charge on any atom is -0.339 e. The molecule has 0 bridgehead atoms. The van der Waals surface area contributed by atoms with Gasteiger partial charge in [0.15, 0.2) is 0 Å². The molecule has 0 aliphatic heterocycles. The predicted molar refractivity (Wildman–Crippen MR) is 80.4 cm³/mol. The van der Waals surface area contributed by atoms with Crippen LogP contribution in [0.1, 0.15) is 45.4 Å². The Labute approximate surface area is 125 Å². The van der Waals surface area contributed by atoms with Gasteiger partial charge < -0.3 is 10.3 Å². The lowest BCUT2D eigenvalue weighted by molar-refractivity contribution is 0.0806. The molecule has 0 spiro atoms. The van der Waals surface area contributed by atoms with E-state index >= 15 is 0 Å². The van der Waals surface area contributed by atoms with Gasteiger partial charge in [-0.15, -0.1) is 0 Å². The molecule has 1 fully saturated rings. The summed E-state index contributed by atoms with van der Waals surface area (Å²) in [5.41, 5.74) is 7.00. The number of pyridine rings is 1. The molecule has 3 atom stereocenters. The largest absolute Gasteiger partial charge is 0.339 e. The predicted octanol–water partition coefficient (Wildman–Crippen LogP) is 3.00. The summed E-state index contributed by atoms with van der Waals surface area (Å²) < 4.78 is 5.54. The van der Waals surface area contributed by atoms with Crippen molar-refractivity contribution in [2.45, 2.75) is 45.6 Å². The van der Waals surface area contributed by atoms with E-state index in [1.54, 1.807) is 6.20 Å². The van der Waals surface area contributed by atoms with Gasteiger partial charge in [0, 0.05) is 18.2 Å². The fourth-order valence-electron chi connectivity index (χ4n) is 3.27. The Morgan fingerprint density at radius 3 is 2.81 bits per heavy atom.